The molecule has 0 heterocycles. The van der Waals surface area contributed by atoms with Crippen molar-refractivity contribution in [2.75, 3.05) is 5.73 Å². The Morgan fingerprint density at radius 1 is 1.21 bits per heavy atom. The molecule has 2 aromatic carbocycles. The molecule has 0 atom stereocenters. The van der Waals surface area contributed by atoms with E-state index in [1.165, 1.54) is 12.1 Å². The molecule has 0 aliphatic heterocycles. The molecular formula is C14H12ClNO3. The Kier molecular flexibility index (Phi) is 3.92. The lowest BCUT2D eigenvalue weighted by Gasteiger charge is -2.08. The van der Waals surface area contributed by atoms with Crippen molar-refractivity contribution >= 4 is 23.3 Å². The largest absolute Gasteiger partial charge is 0.487 e. The van der Waals surface area contributed by atoms with Crippen LogP contribution in [0.15, 0.2) is 42.5 Å². The highest BCUT2D eigenvalue weighted by molar-refractivity contribution is 6.32. The van der Waals surface area contributed by atoms with Crippen molar-refractivity contribution in [1.82, 2.24) is 0 Å². The van der Waals surface area contributed by atoms with Gasteiger partial charge in [-0.3, -0.25) is 0 Å². The molecule has 3 N–H and O–H groups in total. The Labute approximate surface area is 115 Å². The Morgan fingerprint density at radius 2 is 1.89 bits per heavy atom. The molecule has 98 valence electrons. The number of carbonyl (C=O) groups is 1. The molecule has 0 aliphatic rings. The minimum Gasteiger partial charge on any atom is -0.487 e. The van der Waals surface area contributed by atoms with E-state index in [2.05, 4.69) is 0 Å². The molecule has 0 fully saturated rings. The van der Waals surface area contributed by atoms with Crippen molar-refractivity contribution in [3.8, 4) is 5.75 Å². The first-order valence-corrected chi connectivity index (χ1v) is 5.94. The zero-order valence-corrected chi connectivity index (χ0v) is 10.7. The van der Waals surface area contributed by atoms with Gasteiger partial charge in [-0.1, -0.05) is 23.7 Å². The quantitative estimate of drug-likeness (QED) is 0.842. The van der Waals surface area contributed by atoms with Gasteiger partial charge in [0.1, 0.15) is 12.4 Å². The summed E-state index contributed by atoms with van der Waals surface area (Å²) in [6.45, 7) is 0.309. The van der Waals surface area contributed by atoms with Crippen molar-refractivity contribution < 1.29 is 14.6 Å². The normalized spacial score (nSPS) is 10.2. The highest BCUT2D eigenvalue weighted by Gasteiger charge is 2.04. The zero-order valence-electron chi connectivity index (χ0n) is 9.97. The van der Waals surface area contributed by atoms with Crippen LogP contribution in [0, 0.1) is 0 Å². The van der Waals surface area contributed by atoms with Gasteiger partial charge < -0.3 is 15.6 Å². The first kappa shape index (κ1) is 13.2. The summed E-state index contributed by atoms with van der Waals surface area (Å²) < 4.78 is 5.54. The van der Waals surface area contributed by atoms with Crippen LogP contribution in [0.1, 0.15) is 15.9 Å². The number of nitrogens with two attached hydrogens (primary N) is 1. The maximum absolute atomic E-state index is 10.7. The smallest absolute Gasteiger partial charge is 0.335 e. The first-order chi connectivity index (χ1) is 9.06. The van der Waals surface area contributed by atoms with Crippen LogP contribution in [0.2, 0.25) is 5.02 Å². The number of carboxylic acids is 1. The van der Waals surface area contributed by atoms with Crippen molar-refractivity contribution in [2.24, 2.45) is 0 Å². The van der Waals surface area contributed by atoms with Gasteiger partial charge >= 0.3 is 5.97 Å². The Bertz CT molecular complexity index is 596. The third-order valence-electron chi connectivity index (χ3n) is 2.55. The lowest BCUT2D eigenvalue weighted by Crippen LogP contribution is -1.99. The van der Waals surface area contributed by atoms with Crippen LogP contribution in [0.3, 0.4) is 0 Å². The van der Waals surface area contributed by atoms with Crippen LogP contribution in [0.5, 0.6) is 5.75 Å². The summed E-state index contributed by atoms with van der Waals surface area (Å²) in [4.78, 5) is 10.7. The predicted molar refractivity (Wildman–Crippen MR) is 73.6 cm³/mol. The van der Waals surface area contributed by atoms with Gasteiger partial charge in [0.05, 0.1) is 10.6 Å². The van der Waals surface area contributed by atoms with Gasteiger partial charge in [-0.05, 0) is 35.9 Å². The van der Waals surface area contributed by atoms with Crippen molar-refractivity contribution in [3.63, 3.8) is 0 Å². The molecule has 0 unspecified atom stereocenters. The Morgan fingerprint density at radius 3 is 2.47 bits per heavy atom. The third-order valence-corrected chi connectivity index (χ3v) is 2.85. The van der Waals surface area contributed by atoms with Crippen LogP contribution in [-0.2, 0) is 6.61 Å². The van der Waals surface area contributed by atoms with Gasteiger partial charge in [-0.2, -0.15) is 0 Å². The van der Waals surface area contributed by atoms with Gasteiger partial charge in [-0.25, -0.2) is 4.79 Å². The second kappa shape index (κ2) is 5.63. The number of rotatable bonds is 4. The summed E-state index contributed by atoms with van der Waals surface area (Å²) in [7, 11) is 0. The maximum atomic E-state index is 10.7. The molecule has 0 spiro atoms. The molecular weight excluding hydrogens is 266 g/mol. The summed E-state index contributed by atoms with van der Waals surface area (Å²) in [5.74, 6) is -0.410. The standard InChI is InChI=1S/C14H12ClNO3/c15-12-7-11(16)5-6-13(12)19-8-9-1-3-10(4-2-9)14(17)18/h1-7H,8,16H2,(H,17,18). The fraction of sp³-hybridized carbons (Fsp3) is 0.0714. The molecule has 0 saturated carbocycles. The number of benzene rings is 2. The predicted octanol–water partition coefficient (Wildman–Crippen LogP) is 3.20. The molecule has 0 aromatic heterocycles. The molecule has 4 nitrogen and oxygen atoms in total. The van der Waals surface area contributed by atoms with Gasteiger partial charge in [-0.15, -0.1) is 0 Å². The maximum Gasteiger partial charge on any atom is 0.335 e. The van der Waals surface area contributed by atoms with Crippen LogP contribution < -0.4 is 10.5 Å². The summed E-state index contributed by atoms with van der Waals surface area (Å²) in [6, 6.07) is 11.5. The highest BCUT2D eigenvalue weighted by Crippen LogP contribution is 2.27. The zero-order chi connectivity index (χ0) is 13.8. The first-order valence-electron chi connectivity index (χ1n) is 5.56. The number of hydrogen-bond acceptors (Lipinski definition) is 3. The van der Waals surface area contributed by atoms with Gasteiger partial charge in [0.15, 0.2) is 0 Å². The Balaban J connectivity index is 2.04. The van der Waals surface area contributed by atoms with E-state index >= 15 is 0 Å². The molecule has 0 amide bonds. The minimum atomic E-state index is -0.950. The fourth-order valence-corrected chi connectivity index (χ4v) is 1.78. The SMILES string of the molecule is Nc1ccc(OCc2ccc(C(=O)O)cc2)c(Cl)c1. The second-order valence-corrected chi connectivity index (χ2v) is 4.39. The molecule has 5 heteroatoms. The van der Waals surface area contributed by atoms with Crippen LogP contribution in [0.4, 0.5) is 5.69 Å². The lowest BCUT2D eigenvalue weighted by molar-refractivity contribution is 0.0697. The number of nitrogen functional groups attached to an aromatic ring is 1. The topological polar surface area (TPSA) is 72.5 Å². The minimum absolute atomic E-state index is 0.245. The molecule has 2 rings (SSSR count). The Hall–Kier alpha value is -2.20. The third kappa shape index (κ3) is 3.39. The lowest BCUT2D eigenvalue weighted by atomic mass is 10.1. The monoisotopic (exact) mass is 277 g/mol. The van der Waals surface area contributed by atoms with Gasteiger partial charge in [0, 0.05) is 5.69 Å². The molecule has 2 aromatic rings. The number of aromatic carboxylic acids is 1. The van der Waals surface area contributed by atoms with Crippen LogP contribution >= 0.6 is 11.6 Å². The molecule has 0 saturated heterocycles. The summed E-state index contributed by atoms with van der Waals surface area (Å²) >= 11 is 5.98. The fourth-order valence-electron chi connectivity index (χ4n) is 1.54. The average Bonchev–Trinajstić information content (AvgIpc) is 2.38. The summed E-state index contributed by atoms with van der Waals surface area (Å²) in [5.41, 5.74) is 7.26. The van der Waals surface area contributed by atoms with E-state index < -0.39 is 5.97 Å². The molecule has 0 bridgehead atoms. The average molecular weight is 278 g/mol. The second-order valence-electron chi connectivity index (χ2n) is 3.98. The van der Waals surface area contributed by atoms with Crippen molar-refractivity contribution in [1.29, 1.82) is 0 Å². The number of anilines is 1. The van der Waals surface area contributed by atoms with E-state index in [9.17, 15) is 4.79 Å². The van der Waals surface area contributed by atoms with E-state index in [0.717, 1.165) is 5.56 Å². The van der Waals surface area contributed by atoms with E-state index in [0.29, 0.717) is 23.1 Å². The van der Waals surface area contributed by atoms with E-state index in [1.807, 2.05) is 0 Å². The number of ether oxygens (including phenoxy) is 1. The van der Waals surface area contributed by atoms with Crippen LogP contribution in [-0.4, -0.2) is 11.1 Å². The molecule has 0 aliphatic carbocycles. The van der Waals surface area contributed by atoms with Crippen LogP contribution in [0.25, 0.3) is 0 Å². The van der Waals surface area contributed by atoms with Crippen molar-refractivity contribution in [2.45, 2.75) is 6.61 Å². The number of hydrogen-bond donors (Lipinski definition) is 2. The van der Waals surface area contributed by atoms with E-state index in [4.69, 9.17) is 27.2 Å². The van der Waals surface area contributed by atoms with E-state index in [-0.39, 0.29) is 5.56 Å². The molecule has 0 radical (unpaired) electrons. The molecule has 19 heavy (non-hydrogen) atoms. The number of halogens is 1. The highest BCUT2D eigenvalue weighted by atomic mass is 35.5. The van der Waals surface area contributed by atoms with Gasteiger partial charge in [0.25, 0.3) is 0 Å². The number of carboxylic acid groups (broad SMARTS) is 1. The van der Waals surface area contributed by atoms with E-state index in [1.54, 1.807) is 30.3 Å². The van der Waals surface area contributed by atoms with Gasteiger partial charge in [0.2, 0.25) is 0 Å². The summed E-state index contributed by atoms with van der Waals surface area (Å²) in [6.07, 6.45) is 0. The summed E-state index contributed by atoms with van der Waals surface area (Å²) in [5, 5.41) is 9.23. The van der Waals surface area contributed by atoms with Crippen molar-refractivity contribution in [3.05, 3.63) is 58.6 Å².